The van der Waals surface area contributed by atoms with Crippen LogP contribution in [0.15, 0.2) is 0 Å². The van der Waals surface area contributed by atoms with Crippen molar-refractivity contribution in [3.8, 4) is 0 Å². The Bertz CT molecular complexity index is 240. The highest BCUT2D eigenvalue weighted by Crippen LogP contribution is 2.49. The SMILES string of the molecule is O=C(C(C1CC1)C1CC1)N1CCNCC1. The number of hydrogen-bond donors (Lipinski definition) is 1. The van der Waals surface area contributed by atoms with Gasteiger partial charge in [0, 0.05) is 32.1 Å². The number of carbonyl (C=O) groups excluding carboxylic acids is 1. The lowest BCUT2D eigenvalue weighted by molar-refractivity contribution is -0.137. The van der Waals surface area contributed by atoms with Gasteiger partial charge in [0.2, 0.25) is 5.91 Å². The number of carbonyl (C=O) groups is 1. The van der Waals surface area contributed by atoms with Crippen LogP contribution in [0.3, 0.4) is 0 Å². The Balaban J connectivity index is 1.64. The topological polar surface area (TPSA) is 32.3 Å². The molecule has 1 amide bonds. The lowest BCUT2D eigenvalue weighted by atomic mass is 9.96. The minimum Gasteiger partial charge on any atom is -0.340 e. The summed E-state index contributed by atoms with van der Waals surface area (Å²) in [6.07, 6.45) is 5.22. The summed E-state index contributed by atoms with van der Waals surface area (Å²) in [5, 5.41) is 3.30. The van der Waals surface area contributed by atoms with E-state index in [1.54, 1.807) is 0 Å². The molecule has 1 saturated heterocycles. The fourth-order valence-electron chi connectivity index (χ4n) is 2.79. The van der Waals surface area contributed by atoms with Crippen molar-refractivity contribution in [2.45, 2.75) is 25.7 Å². The van der Waals surface area contributed by atoms with Crippen LogP contribution in [0, 0.1) is 17.8 Å². The van der Waals surface area contributed by atoms with Crippen molar-refractivity contribution in [2.75, 3.05) is 26.2 Å². The van der Waals surface area contributed by atoms with Crippen LogP contribution in [0.2, 0.25) is 0 Å². The van der Waals surface area contributed by atoms with E-state index in [4.69, 9.17) is 0 Å². The molecule has 1 N–H and O–H groups in total. The summed E-state index contributed by atoms with van der Waals surface area (Å²) in [6.45, 7) is 3.81. The lowest BCUT2D eigenvalue weighted by Gasteiger charge is -2.31. The lowest BCUT2D eigenvalue weighted by Crippen LogP contribution is -2.49. The minimum absolute atomic E-state index is 0.406. The van der Waals surface area contributed by atoms with Gasteiger partial charge in [0.15, 0.2) is 0 Å². The molecule has 1 heterocycles. The zero-order valence-corrected chi connectivity index (χ0v) is 9.24. The van der Waals surface area contributed by atoms with Crippen molar-refractivity contribution >= 4 is 5.91 Å². The fraction of sp³-hybridized carbons (Fsp3) is 0.917. The van der Waals surface area contributed by atoms with Crippen LogP contribution >= 0.6 is 0 Å². The molecule has 3 rings (SSSR count). The summed E-state index contributed by atoms with van der Waals surface area (Å²) in [7, 11) is 0. The average Bonchev–Trinajstić information content (AvgIpc) is 3.14. The van der Waals surface area contributed by atoms with Gasteiger partial charge < -0.3 is 10.2 Å². The molecule has 0 spiro atoms. The quantitative estimate of drug-likeness (QED) is 0.746. The number of rotatable bonds is 3. The van der Waals surface area contributed by atoms with Crippen LogP contribution in [0.1, 0.15) is 25.7 Å². The molecule has 0 radical (unpaired) electrons. The summed E-state index contributed by atoms with van der Waals surface area (Å²) in [4.78, 5) is 14.5. The van der Waals surface area contributed by atoms with Gasteiger partial charge in [-0.05, 0) is 37.5 Å². The Morgan fingerprint density at radius 2 is 1.60 bits per heavy atom. The molecule has 3 nitrogen and oxygen atoms in total. The van der Waals surface area contributed by atoms with Crippen molar-refractivity contribution in [3.63, 3.8) is 0 Å². The molecule has 84 valence electrons. The first kappa shape index (κ1) is 9.64. The largest absolute Gasteiger partial charge is 0.340 e. The zero-order valence-electron chi connectivity index (χ0n) is 9.24. The van der Waals surface area contributed by atoms with E-state index in [2.05, 4.69) is 10.2 Å². The summed E-state index contributed by atoms with van der Waals surface area (Å²) in [6, 6.07) is 0. The van der Waals surface area contributed by atoms with Gasteiger partial charge in [-0.3, -0.25) is 4.79 Å². The van der Waals surface area contributed by atoms with Gasteiger partial charge in [-0.25, -0.2) is 0 Å². The van der Waals surface area contributed by atoms with Gasteiger partial charge in [0.1, 0.15) is 0 Å². The second kappa shape index (κ2) is 3.78. The van der Waals surface area contributed by atoms with Gasteiger partial charge in [0.25, 0.3) is 0 Å². The number of amides is 1. The second-order valence-corrected chi connectivity index (χ2v) is 5.28. The van der Waals surface area contributed by atoms with E-state index in [-0.39, 0.29) is 0 Å². The summed E-state index contributed by atoms with van der Waals surface area (Å²) < 4.78 is 0. The number of piperazine rings is 1. The Hall–Kier alpha value is -0.570. The third-order valence-electron chi connectivity index (χ3n) is 3.97. The molecule has 3 heteroatoms. The van der Waals surface area contributed by atoms with E-state index in [0.29, 0.717) is 11.8 Å². The molecule has 0 aromatic carbocycles. The maximum absolute atomic E-state index is 12.4. The molecular formula is C12H20N2O. The predicted molar refractivity (Wildman–Crippen MR) is 58.4 cm³/mol. The van der Waals surface area contributed by atoms with Crippen LogP contribution in [-0.4, -0.2) is 37.0 Å². The van der Waals surface area contributed by atoms with E-state index in [1.807, 2.05) is 0 Å². The van der Waals surface area contributed by atoms with E-state index >= 15 is 0 Å². The van der Waals surface area contributed by atoms with Gasteiger partial charge in [-0.2, -0.15) is 0 Å². The Morgan fingerprint density at radius 3 is 2.07 bits per heavy atom. The van der Waals surface area contributed by atoms with E-state index in [1.165, 1.54) is 25.7 Å². The monoisotopic (exact) mass is 208 g/mol. The van der Waals surface area contributed by atoms with Gasteiger partial charge in [-0.15, -0.1) is 0 Å². The van der Waals surface area contributed by atoms with Crippen LogP contribution in [0.25, 0.3) is 0 Å². The Kier molecular flexibility index (Phi) is 2.43. The molecule has 0 aromatic rings. The van der Waals surface area contributed by atoms with Gasteiger partial charge in [-0.1, -0.05) is 0 Å². The van der Waals surface area contributed by atoms with Gasteiger partial charge in [0.05, 0.1) is 0 Å². The van der Waals surface area contributed by atoms with Crippen molar-refractivity contribution < 1.29 is 4.79 Å². The second-order valence-electron chi connectivity index (χ2n) is 5.28. The molecule has 0 bridgehead atoms. The predicted octanol–water partition coefficient (Wildman–Crippen LogP) is 0.854. The maximum atomic E-state index is 12.4. The third-order valence-corrected chi connectivity index (χ3v) is 3.97. The molecule has 3 aliphatic rings. The first-order valence-electron chi connectivity index (χ1n) is 6.36. The first-order valence-corrected chi connectivity index (χ1v) is 6.36. The Labute approximate surface area is 91.2 Å². The summed E-state index contributed by atoms with van der Waals surface area (Å²) in [5.74, 6) is 2.38. The van der Waals surface area contributed by atoms with Gasteiger partial charge >= 0.3 is 0 Å². The molecule has 2 saturated carbocycles. The smallest absolute Gasteiger partial charge is 0.226 e. The highest BCUT2D eigenvalue weighted by Gasteiger charge is 2.46. The molecule has 0 atom stereocenters. The molecular weight excluding hydrogens is 188 g/mol. The molecule has 15 heavy (non-hydrogen) atoms. The van der Waals surface area contributed by atoms with E-state index in [9.17, 15) is 4.79 Å². The highest BCUT2D eigenvalue weighted by atomic mass is 16.2. The normalized spacial score (nSPS) is 27.1. The van der Waals surface area contributed by atoms with Crippen LogP contribution in [-0.2, 0) is 4.79 Å². The average molecular weight is 208 g/mol. The summed E-state index contributed by atoms with van der Waals surface area (Å²) in [5.41, 5.74) is 0. The van der Waals surface area contributed by atoms with Crippen molar-refractivity contribution in [1.29, 1.82) is 0 Å². The highest BCUT2D eigenvalue weighted by molar-refractivity contribution is 5.80. The van der Waals surface area contributed by atoms with Crippen LogP contribution in [0.4, 0.5) is 0 Å². The maximum Gasteiger partial charge on any atom is 0.226 e. The van der Waals surface area contributed by atoms with Crippen molar-refractivity contribution in [1.82, 2.24) is 10.2 Å². The molecule has 2 aliphatic carbocycles. The van der Waals surface area contributed by atoms with E-state index in [0.717, 1.165) is 38.0 Å². The number of nitrogens with zero attached hydrogens (tertiary/aromatic N) is 1. The summed E-state index contributed by atoms with van der Waals surface area (Å²) >= 11 is 0. The number of hydrogen-bond acceptors (Lipinski definition) is 2. The Morgan fingerprint density at radius 1 is 1.07 bits per heavy atom. The van der Waals surface area contributed by atoms with Crippen LogP contribution < -0.4 is 5.32 Å². The molecule has 0 unspecified atom stereocenters. The van der Waals surface area contributed by atoms with Crippen LogP contribution in [0.5, 0.6) is 0 Å². The number of nitrogens with one attached hydrogen (secondary N) is 1. The fourth-order valence-corrected chi connectivity index (χ4v) is 2.79. The third kappa shape index (κ3) is 2.03. The standard InChI is InChI=1S/C12H20N2O/c15-12(14-7-5-13-6-8-14)11(9-1-2-9)10-3-4-10/h9-11,13H,1-8H2. The zero-order chi connectivity index (χ0) is 10.3. The molecule has 1 aliphatic heterocycles. The first-order chi connectivity index (χ1) is 7.36. The molecule has 3 fully saturated rings. The van der Waals surface area contributed by atoms with Crippen molar-refractivity contribution in [3.05, 3.63) is 0 Å². The van der Waals surface area contributed by atoms with E-state index < -0.39 is 0 Å². The minimum atomic E-state index is 0.406. The van der Waals surface area contributed by atoms with Crippen molar-refractivity contribution in [2.24, 2.45) is 17.8 Å². The molecule has 0 aromatic heterocycles.